The SMILES string of the molecule is NCC(=CF)COc1ccc(NC(=O)c2ccccc2)c2ccccc12. The molecule has 3 rings (SSSR count). The summed E-state index contributed by atoms with van der Waals surface area (Å²) in [5.41, 5.74) is 7.09. The minimum Gasteiger partial charge on any atom is -0.488 e. The Morgan fingerprint density at radius 2 is 1.69 bits per heavy atom. The van der Waals surface area contributed by atoms with E-state index in [0.29, 0.717) is 28.9 Å². The number of anilines is 1. The van der Waals surface area contributed by atoms with Crippen LogP contribution in [0.15, 0.2) is 78.6 Å². The maximum Gasteiger partial charge on any atom is 0.255 e. The number of fused-ring (bicyclic) bond motifs is 1. The molecule has 0 fully saturated rings. The van der Waals surface area contributed by atoms with Crippen LogP contribution in [0.2, 0.25) is 0 Å². The predicted molar refractivity (Wildman–Crippen MR) is 102 cm³/mol. The third-order valence-corrected chi connectivity index (χ3v) is 4.00. The van der Waals surface area contributed by atoms with E-state index in [1.165, 1.54) is 0 Å². The van der Waals surface area contributed by atoms with Crippen molar-refractivity contribution in [3.63, 3.8) is 0 Å². The number of hydrogen-bond acceptors (Lipinski definition) is 3. The number of nitrogens with one attached hydrogen (secondary N) is 1. The Bertz CT molecular complexity index is 939. The highest BCUT2D eigenvalue weighted by atomic mass is 19.1. The van der Waals surface area contributed by atoms with Gasteiger partial charge in [-0.15, -0.1) is 0 Å². The zero-order valence-electron chi connectivity index (χ0n) is 14.1. The number of ether oxygens (including phenoxy) is 1. The van der Waals surface area contributed by atoms with E-state index in [9.17, 15) is 9.18 Å². The van der Waals surface area contributed by atoms with Gasteiger partial charge in [-0.2, -0.15) is 0 Å². The van der Waals surface area contributed by atoms with Gasteiger partial charge in [0, 0.05) is 34.1 Å². The van der Waals surface area contributed by atoms with E-state index < -0.39 is 0 Å². The lowest BCUT2D eigenvalue weighted by molar-refractivity contribution is 0.102. The van der Waals surface area contributed by atoms with Gasteiger partial charge in [-0.05, 0) is 24.3 Å². The van der Waals surface area contributed by atoms with Gasteiger partial charge in [0.2, 0.25) is 0 Å². The molecule has 132 valence electrons. The number of rotatable bonds is 6. The molecule has 1 amide bonds. The van der Waals surface area contributed by atoms with Crippen LogP contribution in [0.25, 0.3) is 10.8 Å². The van der Waals surface area contributed by atoms with Crippen molar-refractivity contribution < 1.29 is 13.9 Å². The van der Waals surface area contributed by atoms with Gasteiger partial charge in [0.1, 0.15) is 12.4 Å². The van der Waals surface area contributed by atoms with Crippen molar-refractivity contribution in [3.8, 4) is 5.75 Å². The molecule has 0 aliphatic heterocycles. The minimum absolute atomic E-state index is 0.0761. The van der Waals surface area contributed by atoms with E-state index in [0.717, 1.165) is 10.8 Å². The lowest BCUT2D eigenvalue weighted by Gasteiger charge is -2.14. The summed E-state index contributed by atoms with van der Waals surface area (Å²) in [6.45, 7) is 0.173. The summed E-state index contributed by atoms with van der Waals surface area (Å²) >= 11 is 0. The molecule has 26 heavy (non-hydrogen) atoms. The Hall–Kier alpha value is -3.18. The van der Waals surface area contributed by atoms with Gasteiger partial charge < -0.3 is 15.8 Å². The summed E-state index contributed by atoms with van der Waals surface area (Å²) in [7, 11) is 0. The highest BCUT2D eigenvalue weighted by Crippen LogP contribution is 2.32. The molecular formula is C21H19FN2O2. The highest BCUT2D eigenvalue weighted by molar-refractivity contribution is 6.10. The van der Waals surface area contributed by atoms with Gasteiger partial charge >= 0.3 is 0 Å². The Morgan fingerprint density at radius 3 is 2.38 bits per heavy atom. The fourth-order valence-corrected chi connectivity index (χ4v) is 2.60. The molecule has 0 spiro atoms. The van der Waals surface area contributed by atoms with Crippen LogP contribution in [0.4, 0.5) is 10.1 Å². The Labute approximate surface area is 151 Å². The van der Waals surface area contributed by atoms with E-state index in [4.69, 9.17) is 10.5 Å². The number of carbonyl (C=O) groups excluding carboxylic acids is 1. The van der Waals surface area contributed by atoms with Crippen LogP contribution < -0.4 is 15.8 Å². The molecule has 4 nitrogen and oxygen atoms in total. The van der Waals surface area contributed by atoms with E-state index in [1.54, 1.807) is 24.3 Å². The zero-order chi connectivity index (χ0) is 18.4. The van der Waals surface area contributed by atoms with Gasteiger partial charge in [-0.1, -0.05) is 42.5 Å². The molecule has 0 saturated heterocycles. The average Bonchev–Trinajstić information content (AvgIpc) is 2.70. The van der Waals surface area contributed by atoms with Crippen molar-refractivity contribution in [3.05, 3.63) is 84.2 Å². The number of amides is 1. The van der Waals surface area contributed by atoms with E-state index in [2.05, 4.69) is 5.32 Å². The van der Waals surface area contributed by atoms with Gasteiger partial charge in [-0.3, -0.25) is 4.79 Å². The normalized spacial score (nSPS) is 11.4. The molecule has 5 heteroatoms. The quantitative estimate of drug-likeness (QED) is 0.697. The third kappa shape index (κ3) is 3.90. The molecule has 0 radical (unpaired) electrons. The van der Waals surface area contributed by atoms with Crippen molar-refractivity contribution >= 4 is 22.4 Å². The second kappa shape index (κ2) is 8.27. The molecule has 0 aliphatic rings. The fraction of sp³-hybridized carbons (Fsp3) is 0.0952. The maximum atomic E-state index is 12.7. The van der Waals surface area contributed by atoms with Crippen molar-refractivity contribution in [1.82, 2.24) is 0 Å². The van der Waals surface area contributed by atoms with Crippen molar-refractivity contribution in [1.29, 1.82) is 0 Å². The number of benzene rings is 3. The molecular weight excluding hydrogens is 331 g/mol. The second-order valence-electron chi connectivity index (χ2n) is 5.74. The van der Waals surface area contributed by atoms with Crippen LogP contribution in [0, 0.1) is 0 Å². The van der Waals surface area contributed by atoms with Crippen molar-refractivity contribution in [2.75, 3.05) is 18.5 Å². The summed E-state index contributed by atoms with van der Waals surface area (Å²) in [5.74, 6) is 0.418. The van der Waals surface area contributed by atoms with E-state index >= 15 is 0 Å². The summed E-state index contributed by atoms with van der Waals surface area (Å²) in [4.78, 5) is 12.4. The number of carbonyl (C=O) groups is 1. The van der Waals surface area contributed by atoms with Gasteiger partial charge in [0.15, 0.2) is 0 Å². The monoisotopic (exact) mass is 350 g/mol. The first-order valence-corrected chi connectivity index (χ1v) is 8.22. The molecule has 0 aliphatic carbocycles. The summed E-state index contributed by atoms with van der Waals surface area (Å²) in [5, 5.41) is 4.60. The molecule has 0 heterocycles. The molecule has 3 aromatic rings. The molecule has 0 unspecified atom stereocenters. The highest BCUT2D eigenvalue weighted by Gasteiger charge is 2.11. The lowest BCUT2D eigenvalue weighted by atomic mass is 10.1. The summed E-state index contributed by atoms with van der Waals surface area (Å²) in [6.07, 6.45) is 0.469. The zero-order valence-corrected chi connectivity index (χ0v) is 14.1. The number of halogens is 1. The van der Waals surface area contributed by atoms with Crippen molar-refractivity contribution in [2.45, 2.75) is 0 Å². The van der Waals surface area contributed by atoms with Gasteiger partial charge in [0.25, 0.3) is 5.91 Å². The van der Waals surface area contributed by atoms with Gasteiger partial charge in [0.05, 0.1) is 6.33 Å². The van der Waals surface area contributed by atoms with E-state index in [1.807, 2.05) is 42.5 Å². The van der Waals surface area contributed by atoms with Crippen LogP contribution >= 0.6 is 0 Å². The van der Waals surface area contributed by atoms with Crippen LogP contribution in [0.3, 0.4) is 0 Å². The largest absolute Gasteiger partial charge is 0.488 e. The van der Waals surface area contributed by atoms with Gasteiger partial charge in [-0.25, -0.2) is 4.39 Å². The third-order valence-electron chi connectivity index (χ3n) is 4.00. The molecule has 0 atom stereocenters. The predicted octanol–water partition coefficient (Wildman–Crippen LogP) is 4.28. The Morgan fingerprint density at radius 1 is 1.00 bits per heavy atom. The van der Waals surface area contributed by atoms with Crippen LogP contribution in [0.1, 0.15) is 10.4 Å². The summed E-state index contributed by atoms with van der Waals surface area (Å²) in [6, 6.07) is 20.1. The summed E-state index contributed by atoms with van der Waals surface area (Å²) < 4.78 is 18.4. The fourth-order valence-electron chi connectivity index (χ4n) is 2.60. The smallest absolute Gasteiger partial charge is 0.255 e. The molecule has 3 N–H and O–H groups in total. The maximum absolute atomic E-state index is 12.7. The Balaban J connectivity index is 1.89. The number of hydrogen-bond donors (Lipinski definition) is 2. The topological polar surface area (TPSA) is 64.3 Å². The Kier molecular flexibility index (Phi) is 5.61. The van der Waals surface area contributed by atoms with E-state index in [-0.39, 0.29) is 19.1 Å². The first-order chi connectivity index (χ1) is 12.7. The first kappa shape index (κ1) is 17.6. The molecule has 0 bridgehead atoms. The van der Waals surface area contributed by atoms with Crippen molar-refractivity contribution in [2.24, 2.45) is 5.73 Å². The molecule has 0 aromatic heterocycles. The first-order valence-electron chi connectivity index (χ1n) is 8.22. The molecule has 3 aromatic carbocycles. The van der Waals surface area contributed by atoms with Crippen LogP contribution in [-0.2, 0) is 0 Å². The lowest BCUT2D eigenvalue weighted by Crippen LogP contribution is -2.12. The molecule has 0 saturated carbocycles. The standard InChI is InChI=1S/C21H19FN2O2/c22-12-15(13-23)14-26-20-11-10-19(17-8-4-5-9-18(17)20)24-21(25)16-6-2-1-3-7-16/h1-12H,13-14,23H2,(H,24,25). The van der Waals surface area contributed by atoms with Crippen LogP contribution in [0.5, 0.6) is 5.75 Å². The number of nitrogens with two attached hydrogens (primary N) is 1. The average molecular weight is 350 g/mol. The van der Waals surface area contributed by atoms with Crippen LogP contribution in [-0.4, -0.2) is 19.1 Å². The second-order valence-corrected chi connectivity index (χ2v) is 5.74. The minimum atomic E-state index is -0.185.